The van der Waals surface area contributed by atoms with Gasteiger partial charge in [0.2, 0.25) is 0 Å². The molecule has 1 aromatic rings. The number of hydrogen-bond donors (Lipinski definition) is 0. The molecule has 0 unspecified atom stereocenters. The number of nitrogens with zero attached hydrogens (tertiary/aromatic N) is 1. The quantitative estimate of drug-likeness (QED) is 0.278. The van der Waals surface area contributed by atoms with E-state index >= 15 is 0 Å². The van der Waals surface area contributed by atoms with Crippen LogP contribution in [0.1, 0.15) is 11.8 Å². The topological polar surface area (TPSA) is 83.3 Å². The number of hydrogen-bond acceptors (Lipinski definition) is 4. The third-order valence-corrected chi connectivity index (χ3v) is 1.32. The van der Waals surface area contributed by atoms with Crippen molar-refractivity contribution in [3.8, 4) is 0 Å². The van der Waals surface area contributed by atoms with Crippen LogP contribution in [0.4, 0.5) is 5.69 Å². The number of carboxylic acids is 1. The number of carbonyl (C=O) groups excluding carboxylic acids is 1. The Labute approximate surface area is 136 Å². The van der Waals surface area contributed by atoms with Gasteiger partial charge in [-0.3, -0.25) is 10.1 Å². The molecule has 0 aromatic heterocycles. The average Bonchev–Trinajstić information content (AvgIpc) is 2.04. The first kappa shape index (κ1) is 16.7. The second-order valence-corrected chi connectivity index (χ2v) is 2.06. The first-order valence-corrected chi connectivity index (χ1v) is 3.07. The van der Waals surface area contributed by atoms with E-state index in [0.29, 0.717) is 0 Å². The van der Waals surface area contributed by atoms with E-state index in [1.165, 1.54) is 12.1 Å². The van der Waals surface area contributed by atoms with Crippen molar-refractivity contribution in [3.05, 3.63) is 39.9 Å². The van der Waals surface area contributed by atoms with Crippen molar-refractivity contribution in [3.63, 3.8) is 0 Å². The Balaban J connectivity index is -0.000000480. The van der Waals surface area contributed by atoms with Crippen LogP contribution in [-0.2, 0) is 0 Å². The number of nitro benzene ring substituents is 1. The van der Waals surface area contributed by atoms with E-state index in [9.17, 15) is 20.0 Å². The van der Waals surface area contributed by atoms with E-state index in [4.69, 9.17) is 0 Å². The van der Waals surface area contributed by atoms with Crippen LogP contribution in [0.25, 0.3) is 0 Å². The predicted octanol–water partition coefficient (Wildman–Crippen LogP) is -5.92. The molecular weight excluding hydrogens is 208 g/mol. The van der Waals surface area contributed by atoms with Gasteiger partial charge in [0, 0.05) is 6.07 Å². The molecule has 5 nitrogen and oxygen atoms in total. The number of carboxylic acid groups (broad SMARTS) is 1. The zero-order valence-corrected chi connectivity index (χ0v) is 11.0. The normalized spacial score (nSPS) is 8.00. The fraction of sp³-hybridized carbons (Fsp3) is 0. The Morgan fingerprint density at radius 2 is 1.86 bits per heavy atom. The average molecular weight is 213 g/mol. The fourth-order valence-corrected chi connectivity index (χ4v) is 0.805. The van der Waals surface area contributed by atoms with Crippen molar-refractivity contribution in [2.75, 3.05) is 0 Å². The van der Waals surface area contributed by atoms with E-state index in [0.717, 1.165) is 12.1 Å². The van der Waals surface area contributed by atoms with Crippen LogP contribution in [0.15, 0.2) is 24.3 Å². The van der Waals surface area contributed by atoms with Gasteiger partial charge in [0.1, 0.15) is 0 Å². The second kappa shape index (κ2) is 7.59. The summed E-state index contributed by atoms with van der Waals surface area (Å²) in [6, 6.07) is 5.04. The molecule has 7 heteroatoms. The van der Waals surface area contributed by atoms with E-state index < -0.39 is 22.1 Å². The Hall–Kier alpha value is 0.324. The van der Waals surface area contributed by atoms with Gasteiger partial charge in [0.05, 0.1) is 16.5 Å². The van der Waals surface area contributed by atoms with E-state index in [1.807, 2.05) is 0 Å². The predicted molar refractivity (Wildman–Crippen MR) is 38.5 cm³/mol. The molecule has 1 rings (SSSR count). The molecule has 64 valence electrons. The van der Waals surface area contributed by atoms with Crippen LogP contribution >= 0.6 is 0 Å². The smallest absolute Gasteiger partial charge is 1.00 e. The van der Waals surface area contributed by atoms with Crippen LogP contribution < -0.4 is 75.4 Å². The summed E-state index contributed by atoms with van der Waals surface area (Å²) in [7, 11) is 0. The molecule has 0 N–H and O–H groups in total. The molecule has 0 saturated carbocycles. The molecular formula is C7H5KLiNO4. The first-order valence-electron chi connectivity index (χ1n) is 3.07. The summed E-state index contributed by atoms with van der Waals surface area (Å²) in [5.41, 5.74) is -0.847. The van der Waals surface area contributed by atoms with Crippen LogP contribution in [0.5, 0.6) is 0 Å². The van der Waals surface area contributed by atoms with E-state index in [2.05, 4.69) is 0 Å². The maximum atomic E-state index is 10.3. The van der Waals surface area contributed by atoms with Gasteiger partial charge in [0.25, 0.3) is 5.69 Å². The summed E-state index contributed by atoms with van der Waals surface area (Å²) in [5.74, 6) is -1.54. The van der Waals surface area contributed by atoms with Crippen LogP contribution in [0.2, 0.25) is 0 Å². The summed E-state index contributed by atoms with van der Waals surface area (Å²) in [4.78, 5) is 19.8. The van der Waals surface area contributed by atoms with Crippen molar-refractivity contribution in [2.45, 2.75) is 0 Å². The van der Waals surface area contributed by atoms with Gasteiger partial charge in [-0.15, -0.1) is 0 Å². The van der Waals surface area contributed by atoms with Gasteiger partial charge >= 0.3 is 70.2 Å². The van der Waals surface area contributed by atoms with Gasteiger partial charge in [-0.1, -0.05) is 12.1 Å². The van der Waals surface area contributed by atoms with Gasteiger partial charge in [-0.2, -0.15) is 0 Å². The van der Waals surface area contributed by atoms with Crippen LogP contribution in [0.3, 0.4) is 0 Å². The van der Waals surface area contributed by atoms with E-state index in [1.54, 1.807) is 0 Å². The zero-order valence-electron chi connectivity index (χ0n) is 8.89. The van der Waals surface area contributed by atoms with Crippen molar-refractivity contribution in [1.82, 2.24) is 0 Å². The van der Waals surface area contributed by atoms with Crippen LogP contribution in [0, 0.1) is 10.1 Å². The van der Waals surface area contributed by atoms with Gasteiger partial charge in [0.15, 0.2) is 0 Å². The van der Waals surface area contributed by atoms with Gasteiger partial charge in [-0.25, -0.2) is 0 Å². The molecule has 0 radical (unpaired) electrons. The monoisotopic (exact) mass is 213 g/mol. The molecule has 14 heavy (non-hydrogen) atoms. The Morgan fingerprint density at radius 1 is 1.36 bits per heavy atom. The number of carbonyl (C=O) groups is 1. The maximum Gasteiger partial charge on any atom is 1.00 e. The van der Waals surface area contributed by atoms with Crippen molar-refractivity contribution in [1.29, 1.82) is 0 Å². The summed E-state index contributed by atoms with van der Waals surface area (Å²) >= 11 is 0. The van der Waals surface area contributed by atoms with Crippen LogP contribution in [-0.4, -0.2) is 10.9 Å². The fourth-order valence-electron chi connectivity index (χ4n) is 0.805. The summed E-state index contributed by atoms with van der Waals surface area (Å²) < 4.78 is 0. The Kier molecular flexibility index (Phi) is 9.08. The number of para-hydroxylation sites is 1. The standard InChI is InChI=1S/C7H5NO4.K.Li.H/c9-7(10)5-3-1-2-4-6(5)8(11)12;;;/h1-4H,(H,9,10);;;/q;2*+1;-1/p-1. The molecule has 0 bridgehead atoms. The number of rotatable bonds is 2. The summed E-state index contributed by atoms with van der Waals surface area (Å²) in [6.45, 7) is 0. The minimum absolute atomic E-state index is 0. The van der Waals surface area contributed by atoms with Gasteiger partial charge in [-0.05, 0) is 6.07 Å². The second-order valence-electron chi connectivity index (χ2n) is 2.06. The maximum absolute atomic E-state index is 10.3. The Morgan fingerprint density at radius 3 is 2.21 bits per heavy atom. The van der Waals surface area contributed by atoms with Crippen molar-refractivity contribution < 1.29 is 86.5 Å². The number of nitro groups is 1. The molecule has 0 atom stereocenters. The zero-order chi connectivity index (χ0) is 9.14. The largest absolute Gasteiger partial charge is 1.00 e. The minimum Gasteiger partial charge on any atom is -1.00 e. The molecule has 0 fully saturated rings. The third kappa shape index (κ3) is 4.23. The number of aromatic carboxylic acids is 1. The molecule has 0 spiro atoms. The minimum atomic E-state index is -1.54. The van der Waals surface area contributed by atoms with E-state index in [-0.39, 0.29) is 71.7 Å². The van der Waals surface area contributed by atoms with Gasteiger partial charge < -0.3 is 11.3 Å². The Bertz CT molecular complexity index is 317. The first-order chi connectivity index (χ1) is 5.63. The third-order valence-electron chi connectivity index (χ3n) is 1.32. The molecule has 0 aliphatic heterocycles. The molecule has 1 aromatic carbocycles. The molecule has 0 heterocycles. The summed E-state index contributed by atoms with van der Waals surface area (Å²) in [6.07, 6.45) is 0. The molecule has 0 aliphatic rings. The van der Waals surface area contributed by atoms with Crippen molar-refractivity contribution >= 4 is 11.7 Å². The summed E-state index contributed by atoms with van der Waals surface area (Å²) in [5, 5.41) is 20.6. The molecule has 0 aliphatic carbocycles. The SMILES string of the molecule is O=C([O-])c1ccccc1[N+](=O)[O-].[H-].[K+].[Li+]. The number of benzene rings is 1. The van der Waals surface area contributed by atoms with Crippen molar-refractivity contribution in [2.24, 2.45) is 0 Å². The molecule has 0 saturated heterocycles. The molecule has 0 amide bonds.